The number of imide groups is 1. The third kappa shape index (κ3) is 4.78. The Bertz CT molecular complexity index is 1190. The summed E-state index contributed by atoms with van der Waals surface area (Å²) in [4.78, 5) is 34.6. The molecule has 0 N–H and O–H groups in total. The summed E-state index contributed by atoms with van der Waals surface area (Å²) in [6.07, 6.45) is 3.59. The predicted molar refractivity (Wildman–Crippen MR) is 129 cm³/mol. The zero-order valence-electron chi connectivity index (χ0n) is 20.1. The van der Waals surface area contributed by atoms with Gasteiger partial charge in [0.15, 0.2) is 0 Å². The van der Waals surface area contributed by atoms with Gasteiger partial charge in [0, 0.05) is 11.6 Å². The van der Waals surface area contributed by atoms with Gasteiger partial charge >= 0.3 is 6.03 Å². The number of aryl methyl sites for hydroxylation is 1. The van der Waals surface area contributed by atoms with Crippen LogP contribution in [0.15, 0.2) is 53.1 Å². The number of carbonyl (C=O) groups is 2. The maximum Gasteiger partial charge on any atom is 0.327 e. The molecule has 3 aromatic rings. The van der Waals surface area contributed by atoms with Gasteiger partial charge in [-0.1, -0.05) is 47.8 Å². The number of rotatable bonds is 7. The zero-order valence-corrected chi connectivity index (χ0v) is 20.1. The van der Waals surface area contributed by atoms with Gasteiger partial charge < -0.3 is 14.2 Å². The van der Waals surface area contributed by atoms with Gasteiger partial charge in [0.25, 0.3) is 0 Å². The van der Waals surface area contributed by atoms with E-state index in [0.29, 0.717) is 18.3 Å². The highest BCUT2D eigenvalue weighted by atomic mass is 16.5. The molecule has 2 heterocycles. The molecule has 5 rings (SSSR count). The van der Waals surface area contributed by atoms with Crippen LogP contribution in [0.1, 0.15) is 49.6 Å². The molecule has 3 amide bonds. The van der Waals surface area contributed by atoms with E-state index in [1.54, 1.807) is 4.90 Å². The molecular weight excluding hydrogens is 444 g/mol. The van der Waals surface area contributed by atoms with E-state index in [9.17, 15) is 9.59 Å². The van der Waals surface area contributed by atoms with Crippen LogP contribution < -0.4 is 4.74 Å². The monoisotopic (exact) mass is 474 g/mol. The summed E-state index contributed by atoms with van der Waals surface area (Å²) in [6, 6.07) is 15.0. The van der Waals surface area contributed by atoms with Crippen molar-refractivity contribution in [2.24, 2.45) is 5.92 Å². The van der Waals surface area contributed by atoms with Crippen molar-refractivity contribution in [3.05, 3.63) is 65.5 Å². The number of fused-ring (bicyclic) bond motifs is 1. The van der Waals surface area contributed by atoms with Crippen LogP contribution in [0.2, 0.25) is 0 Å². The summed E-state index contributed by atoms with van der Waals surface area (Å²) in [5, 5.41) is 4.12. The lowest BCUT2D eigenvalue weighted by Crippen LogP contribution is -2.61. The van der Waals surface area contributed by atoms with E-state index in [1.165, 1.54) is 4.90 Å². The lowest BCUT2D eigenvalue weighted by Gasteiger charge is -2.46. The summed E-state index contributed by atoms with van der Waals surface area (Å²) < 4.78 is 11.0. The number of carbonyl (C=O) groups excluding carboxylic acids is 2. The molecule has 0 radical (unpaired) electrons. The third-order valence-electron chi connectivity index (χ3n) is 6.85. The second-order valence-electron chi connectivity index (χ2n) is 9.25. The molecule has 1 saturated carbocycles. The molecular formula is C27H30N4O4. The smallest absolute Gasteiger partial charge is 0.327 e. The molecule has 0 spiro atoms. The number of nitrogens with zero attached hydrogens (tertiary/aromatic N) is 4. The van der Waals surface area contributed by atoms with E-state index < -0.39 is 0 Å². The number of urea groups is 1. The van der Waals surface area contributed by atoms with E-state index in [0.717, 1.165) is 48.1 Å². The molecule has 1 aromatic heterocycles. The van der Waals surface area contributed by atoms with Crippen molar-refractivity contribution in [1.29, 1.82) is 0 Å². The Morgan fingerprint density at radius 2 is 1.74 bits per heavy atom. The standard InChI is InChI=1S/C27H30N4O4/c1-3-34-21-14-12-20(13-15-21)25-28-24(35-29-25)17-30-23-7-5-4-6-22(23)26(32)31(27(30)33)16-19-10-8-18(2)9-11-19/h8-15,22-23H,3-7,16-17H2,1-2H3. The number of hydrogen-bond donors (Lipinski definition) is 0. The second kappa shape index (κ2) is 9.90. The van der Waals surface area contributed by atoms with E-state index >= 15 is 0 Å². The minimum atomic E-state index is -0.292. The lowest BCUT2D eigenvalue weighted by molar-refractivity contribution is -0.141. The first-order valence-corrected chi connectivity index (χ1v) is 12.3. The number of hydrogen-bond acceptors (Lipinski definition) is 6. The van der Waals surface area contributed by atoms with Crippen LogP contribution in [0.3, 0.4) is 0 Å². The van der Waals surface area contributed by atoms with Crippen molar-refractivity contribution >= 4 is 11.9 Å². The number of benzene rings is 2. The van der Waals surface area contributed by atoms with E-state index in [4.69, 9.17) is 9.26 Å². The SMILES string of the molecule is CCOc1ccc(-c2noc(CN3C(=O)N(Cc4ccc(C)cc4)C(=O)C4CCCCC43)n2)cc1. The molecule has 1 aliphatic carbocycles. The van der Waals surface area contributed by atoms with Crippen molar-refractivity contribution in [1.82, 2.24) is 19.9 Å². The fourth-order valence-electron chi connectivity index (χ4n) is 5.02. The topological polar surface area (TPSA) is 88.8 Å². The van der Waals surface area contributed by atoms with E-state index in [2.05, 4.69) is 10.1 Å². The Hall–Kier alpha value is -3.68. The molecule has 2 aliphatic rings. The molecule has 2 aromatic carbocycles. The molecule has 8 heteroatoms. The van der Waals surface area contributed by atoms with Gasteiger partial charge in [-0.2, -0.15) is 4.98 Å². The first kappa shape index (κ1) is 23.1. The minimum Gasteiger partial charge on any atom is -0.494 e. The zero-order chi connectivity index (χ0) is 24.4. The Labute approximate surface area is 204 Å². The molecule has 182 valence electrons. The first-order chi connectivity index (χ1) is 17.0. The summed E-state index contributed by atoms with van der Waals surface area (Å²) in [6.45, 7) is 5.00. The van der Waals surface area contributed by atoms with Crippen LogP contribution in [-0.4, -0.2) is 44.5 Å². The number of ether oxygens (including phenoxy) is 1. The Morgan fingerprint density at radius 1 is 1.00 bits per heavy atom. The Kier molecular flexibility index (Phi) is 6.53. The van der Waals surface area contributed by atoms with Crippen LogP contribution in [0.25, 0.3) is 11.4 Å². The normalized spacial score (nSPS) is 20.2. The fourth-order valence-corrected chi connectivity index (χ4v) is 5.02. The van der Waals surface area contributed by atoms with Crippen molar-refractivity contribution < 1.29 is 18.8 Å². The van der Waals surface area contributed by atoms with Gasteiger partial charge in [0.05, 0.1) is 19.1 Å². The predicted octanol–water partition coefficient (Wildman–Crippen LogP) is 4.97. The highest BCUT2D eigenvalue weighted by Crippen LogP contribution is 2.36. The highest BCUT2D eigenvalue weighted by molar-refractivity contribution is 5.98. The molecule has 1 aliphatic heterocycles. The summed E-state index contributed by atoms with van der Waals surface area (Å²) in [7, 11) is 0. The van der Waals surface area contributed by atoms with Crippen molar-refractivity contribution in [2.75, 3.05) is 6.61 Å². The molecule has 0 bridgehead atoms. The lowest BCUT2D eigenvalue weighted by atomic mass is 9.81. The Balaban J connectivity index is 1.37. The maximum absolute atomic E-state index is 13.6. The highest BCUT2D eigenvalue weighted by Gasteiger charge is 2.47. The van der Waals surface area contributed by atoms with Crippen LogP contribution in [0.5, 0.6) is 5.75 Å². The maximum atomic E-state index is 13.6. The average molecular weight is 475 g/mol. The summed E-state index contributed by atoms with van der Waals surface area (Å²) in [5.41, 5.74) is 2.88. The molecule has 2 fully saturated rings. The molecule has 2 atom stereocenters. The van der Waals surface area contributed by atoms with Gasteiger partial charge in [0.1, 0.15) is 12.3 Å². The van der Waals surface area contributed by atoms with Crippen LogP contribution in [0.4, 0.5) is 4.79 Å². The minimum absolute atomic E-state index is 0.0721. The van der Waals surface area contributed by atoms with Crippen LogP contribution in [0, 0.1) is 12.8 Å². The van der Waals surface area contributed by atoms with Crippen molar-refractivity contribution in [3.63, 3.8) is 0 Å². The quantitative estimate of drug-likeness (QED) is 0.481. The second-order valence-corrected chi connectivity index (χ2v) is 9.25. The number of aromatic nitrogens is 2. The van der Waals surface area contributed by atoms with Gasteiger partial charge in [-0.15, -0.1) is 0 Å². The molecule has 8 nitrogen and oxygen atoms in total. The largest absolute Gasteiger partial charge is 0.494 e. The van der Waals surface area contributed by atoms with E-state index in [-0.39, 0.29) is 37.0 Å². The average Bonchev–Trinajstić information content (AvgIpc) is 3.35. The third-order valence-corrected chi connectivity index (χ3v) is 6.85. The molecule has 35 heavy (non-hydrogen) atoms. The van der Waals surface area contributed by atoms with Crippen molar-refractivity contribution in [3.8, 4) is 17.1 Å². The van der Waals surface area contributed by atoms with Crippen LogP contribution in [-0.2, 0) is 17.9 Å². The first-order valence-electron chi connectivity index (χ1n) is 12.3. The fraction of sp³-hybridized carbons (Fsp3) is 0.407. The van der Waals surface area contributed by atoms with Gasteiger partial charge in [-0.3, -0.25) is 9.69 Å². The summed E-state index contributed by atoms with van der Waals surface area (Å²) >= 11 is 0. The van der Waals surface area contributed by atoms with Crippen molar-refractivity contribution in [2.45, 2.75) is 58.7 Å². The number of amides is 3. The van der Waals surface area contributed by atoms with Gasteiger partial charge in [-0.25, -0.2) is 4.79 Å². The van der Waals surface area contributed by atoms with E-state index in [1.807, 2.05) is 62.4 Å². The molecule has 1 saturated heterocycles. The van der Waals surface area contributed by atoms with Gasteiger partial charge in [0.2, 0.25) is 17.6 Å². The van der Waals surface area contributed by atoms with Crippen LogP contribution >= 0.6 is 0 Å². The molecule has 2 unspecified atom stereocenters. The van der Waals surface area contributed by atoms with Gasteiger partial charge in [-0.05, 0) is 56.5 Å². The Morgan fingerprint density at radius 3 is 2.49 bits per heavy atom. The summed E-state index contributed by atoms with van der Waals surface area (Å²) in [5.74, 6) is 1.33.